The van der Waals surface area contributed by atoms with Gasteiger partial charge in [0.15, 0.2) is 0 Å². The van der Waals surface area contributed by atoms with Crippen molar-refractivity contribution in [3.8, 4) is 0 Å². The van der Waals surface area contributed by atoms with Gasteiger partial charge in [0.2, 0.25) is 0 Å². The van der Waals surface area contributed by atoms with Crippen molar-refractivity contribution in [3.05, 3.63) is 35.4 Å². The topological polar surface area (TPSA) is 6.48 Å². The second-order valence-corrected chi connectivity index (χ2v) is 4.53. The molecule has 0 atom stereocenters. The van der Waals surface area contributed by atoms with E-state index in [0.717, 1.165) is 19.6 Å². The van der Waals surface area contributed by atoms with Crippen LogP contribution in [0.15, 0.2) is 24.3 Å². The quantitative estimate of drug-likeness (QED) is 0.775. The van der Waals surface area contributed by atoms with Crippen molar-refractivity contribution in [3.63, 3.8) is 0 Å². The summed E-state index contributed by atoms with van der Waals surface area (Å²) in [6, 6.07) is 8.72. The van der Waals surface area contributed by atoms with Gasteiger partial charge >= 0.3 is 0 Å². The summed E-state index contributed by atoms with van der Waals surface area (Å²) in [5.41, 5.74) is 2.74. The van der Waals surface area contributed by atoms with Crippen LogP contribution in [-0.2, 0) is 6.54 Å². The van der Waals surface area contributed by atoms with Crippen molar-refractivity contribution in [1.29, 1.82) is 0 Å². The van der Waals surface area contributed by atoms with Crippen LogP contribution < -0.4 is 0 Å². The summed E-state index contributed by atoms with van der Waals surface area (Å²) >= 11 is 0. The van der Waals surface area contributed by atoms with Gasteiger partial charge in [0.05, 0.1) is 0 Å². The SMILES string of the molecule is CC.Cc1cccc(CN(C)CCN(C)C)c1. The Kier molecular flexibility index (Phi) is 8.73. The van der Waals surface area contributed by atoms with Crippen LogP contribution in [0.25, 0.3) is 0 Å². The molecule has 17 heavy (non-hydrogen) atoms. The highest BCUT2D eigenvalue weighted by molar-refractivity contribution is 5.21. The molecule has 0 aliphatic rings. The van der Waals surface area contributed by atoms with Crippen LogP contribution >= 0.6 is 0 Å². The van der Waals surface area contributed by atoms with Gasteiger partial charge in [-0.3, -0.25) is 0 Å². The van der Waals surface area contributed by atoms with E-state index >= 15 is 0 Å². The average Bonchev–Trinajstić information content (AvgIpc) is 2.29. The van der Waals surface area contributed by atoms with Crippen molar-refractivity contribution in [2.45, 2.75) is 27.3 Å². The number of likely N-dealkylation sites (N-methyl/N-ethyl adjacent to an activating group) is 2. The van der Waals surface area contributed by atoms with Crippen LogP contribution in [0.5, 0.6) is 0 Å². The fourth-order valence-corrected chi connectivity index (χ4v) is 1.57. The van der Waals surface area contributed by atoms with Crippen molar-refractivity contribution < 1.29 is 0 Å². The molecule has 0 radical (unpaired) electrons. The minimum Gasteiger partial charge on any atom is -0.308 e. The number of aryl methyl sites for hydroxylation is 1. The summed E-state index contributed by atoms with van der Waals surface area (Å²) in [6.45, 7) is 9.40. The molecule has 2 nitrogen and oxygen atoms in total. The van der Waals surface area contributed by atoms with Gasteiger partial charge in [0.1, 0.15) is 0 Å². The Morgan fingerprint density at radius 1 is 1.00 bits per heavy atom. The molecular formula is C15H28N2. The normalized spacial score (nSPS) is 10.4. The van der Waals surface area contributed by atoms with Gasteiger partial charge < -0.3 is 9.80 Å². The molecule has 0 heterocycles. The first-order valence-corrected chi connectivity index (χ1v) is 6.47. The predicted molar refractivity (Wildman–Crippen MR) is 77.4 cm³/mol. The molecule has 1 aromatic rings. The summed E-state index contributed by atoms with van der Waals surface area (Å²) < 4.78 is 0. The van der Waals surface area contributed by atoms with Crippen LogP contribution in [0.1, 0.15) is 25.0 Å². The summed E-state index contributed by atoms with van der Waals surface area (Å²) in [5.74, 6) is 0. The largest absolute Gasteiger partial charge is 0.308 e. The maximum absolute atomic E-state index is 2.36. The van der Waals surface area contributed by atoms with Gasteiger partial charge in [-0.25, -0.2) is 0 Å². The highest BCUT2D eigenvalue weighted by Gasteiger charge is 2.00. The highest BCUT2D eigenvalue weighted by atomic mass is 15.1. The third-order valence-corrected chi connectivity index (χ3v) is 2.46. The summed E-state index contributed by atoms with van der Waals surface area (Å²) in [6.07, 6.45) is 0. The van der Waals surface area contributed by atoms with Crippen molar-refractivity contribution in [2.75, 3.05) is 34.2 Å². The molecule has 0 bridgehead atoms. The van der Waals surface area contributed by atoms with Gasteiger partial charge in [-0.15, -0.1) is 0 Å². The first-order chi connectivity index (χ1) is 8.08. The van der Waals surface area contributed by atoms with E-state index in [2.05, 4.69) is 62.1 Å². The molecule has 0 N–H and O–H groups in total. The molecule has 0 spiro atoms. The van der Waals surface area contributed by atoms with Gasteiger partial charge in [-0.1, -0.05) is 43.7 Å². The second kappa shape index (κ2) is 9.20. The van der Waals surface area contributed by atoms with Crippen LogP contribution in [0.2, 0.25) is 0 Å². The van der Waals surface area contributed by atoms with E-state index in [4.69, 9.17) is 0 Å². The van der Waals surface area contributed by atoms with E-state index in [0.29, 0.717) is 0 Å². The monoisotopic (exact) mass is 236 g/mol. The van der Waals surface area contributed by atoms with Crippen molar-refractivity contribution in [1.82, 2.24) is 9.80 Å². The lowest BCUT2D eigenvalue weighted by atomic mass is 10.1. The molecule has 0 saturated heterocycles. The van der Waals surface area contributed by atoms with E-state index in [1.54, 1.807) is 0 Å². The summed E-state index contributed by atoms with van der Waals surface area (Å²) in [5, 5.41) is 0. The average molecular weight is 236 g/mol. The molecule has 0 fully saturated rings. The molecule has 0 unspecified atom stereocenters. The zero-order valence-corrected chi connectivity index (χ0v) is 12.3. The van der Waals surface area contributed by atoms with Crippen molar-refractivity contribution >= 4 is 0 Å². The van der Waals surface area contributed by atoms with Gasteiger partial charge in [0, 0.05) is 19.6 Å². The van der Waals surface area contributed by atoms with Crippen LogP contribution in [0.3, 0.4) is 0 Å². The lowest BCUT2D eigenvalue weighted by molar-refractivity contribution is 0.276. The lowest BCUT2D eigenvalue weighted by Gasteiger charge is -2.19. The molecule has 2 heteroatoms. The maximum Gasteiger partial charge on any atom is 0.0231 e. The Labute approximate surface area is 107 Å². The molecule has 0 aliphatic carbocycles. The van der Waals surface area contributed by atoms with E-state index in [9.17, 15) is 0 Å². The Morgan fingerprint density at radius 2 is 1.65 bits per heavy atom. The zero-order chi connectivity index (χ0) is 13.3. The van der Waals surface area contributed by atoms with Gasteiger partial charge in [-0.2, -0.15) is 0 Å². The molecule has 98 valence electrons. The smallest absolute Gasteiger partial charge is 0.0231 e. The minimum atomic E-state index is 1.04. The number of nitrogens with zero attached hydrogens (tertiary/aromatic N) is 2. The van der Waals surface area contributed by atoms with E-state index in [-0.39, 0.29) is 0 Å². The van der Waals surface area contributed by atoms with Crippen molar-refractivity contribution in [2.24, 2.45) is 0 Å². The first-order valence-electron chi connectivity index (χ1n) is 6.47. The van der Waals surface area contributed by atoms with Gasteiger partial charge in [-0.05, 0) is 33.6 Å². The fraction of sp³-hybridized carbons (Fsp3) is 0.600. The number of benzene rings is 1. The molecule has 0 saturated carbocycles. The predicted octanol–water partition coefficient (Wildman–Crippen LogP) is 3.01. The summed E-state index contributed by atoms with van der Waals surface area (Å²) in [4.78, 5) is 4.57. The Hall–Kier alpha value is -0.860. The lowest BCUT2D eigenvalue weighted by Crippen LogP contribution is -2.28. The van der Waals surface area contributed by atoms with E-state index in [1.165, 1.54) is 11.1 Å². The molecule has 0 aromatic heterocycles. The first kappa shape index (κ1) is 16.1. The molecule has 1 aromatic carbocycles. The van der Waals surface area contributed by atoms with E-state index < -0.39 is 0 Å². The highest BCUT2D eigenvalue weighted by Crippen LogP contribution is 2.06. The Morgan fingerprint density at radius 3 is 2.18 bits per heavy atom. The molecule has 1 rings (SSSR count). The number of rotatable bonds is 5. The number of hydrogen-bond donors (Lipinski definition) is 0. The second-order valence-electron chi connectivity index (χ2n) is 4.53. The number of hydrogen-bond acceptors (Lipinski definition) is 2. The third-order valence-electron chi connectivity index (χ3n) is 2.46. The van der Waals surface area contributed by atoms with Crippen LogP contribution in [-0.4, -0.2) is 44.0 Å². The van der Waals surface area contributed by atoms with Crippen LogP contribution in [0, 0.1) is 6.92 Å². The minimum absolute atomic E-state index is 1.04. The van der Waals surface area contributed by atoms with E-state index in [1.807, 2.05) is 13.8 Å². The molecule has 0 amide bonds. The van der Waals surface area contributed by atoms with Crippen LogP contribution in [0.4, 0.5) is 0 Å². The Bertz CT molecular complexity index is 295. The van der Waals surface area contributed by atoms with Gasteiger partial charge in [0.25, 0.3) is 0 Å². The fourth-order valence-electron chi connectivity index (χ4n) is 1.57. The Balaban J connectivity index is 0.00000121. The summed E-state index contributed by atoms with van der Waals surface area (Å²) in [7, 11) is 6.40. The zero-order valence-electron chi connectivity index (χ0n) is 12.3. The standard InChI is InChI=1S/C13H22N2.C2H6/c1-12-6-5-7-13(10-12)11-15(4)9-8-14(2)3;1-2/h5-7,10H,8-9,11H2,1-4H3;1-2H3. The maximum atomic E-state index is 2.36. The molecule has 0 aliphatic heterocycles. The molecular weight excluding hydrogens is 208 g/mol. The third kappa shape index (κ3) is 7.94.